The summed E-state index contributed by atoms with van der Waals surface area (Å²) >= 11 is 0. The van der Waals surface area contributed by atoms with Crippen molar-refractivity contribution in [2.75, 3.05) is 5.73 Å². The van der Waals surface area contributed by atoms with Crippen LogP contribution in [0.15, 0.2) is 35.1 Å². The number of benzene rings is 1. The van der Waals surface area contributed by atoms with E-state index in [4.69, 9.17) is 5.73 Å². The van der Waals surface area contributed by atoms with Crippen molar-refractivity contribution >= 4 is 5.69 Å². The maximum atomic E-state index is 11.2. The maximum Gasteiger partial charge on any atom is 0.251 e. The van der Waals surface area contributed by atoms with E-state index in [1.807, 2.05) is 24.3 Å². The van der Waals surface area contributed by atoms with Gasteiger partial charge in [-0.3, -0.25) is 4.79 Å². The Morgan fingerprint density at radius 2 is 2.00 bits per heavy atom. The second-order valence-corrected chi connectivity index (χ2v) is 3.74. The molecule has 0 atom stereocenters. The summed E-state index contributed by atoms with van der Waals surface area (Å²) in [5.41, 5.74) is 8.08. The average Bonchev–Trinajstić information content (AvgIpc) is 2.20. The summed E-state index contributed by atoms with van der Waals surface area (Å²) in [5, 5.41) is 0. The Morgan fingerprint density at radius 3 is 2.62 bits per heavy atom. The lowest BCUT2D eigenvalue weighted by Crippen LogP contribution is -2.10. The zero-order valence-corrected chi connectivity index (χ0v) is 9.03. The lowest BCUT2D eigenvalue weighted by Gasteiger charge is -2.02. The molecule has 0 saturated heterocycles. The SMILES string of the molecule is Cc1nc(Cc2ccc(N)cc2)cc(=O)[nH]1. The van der Waals surface area contributed by atoms with E-state index < -0.39 is 0 Å². The number of hydrogen-bond acceptors (Lipinski definition) is 3. The van der Waals surface area contributed by atoms with E-state index in [0.29, 0.717) is 12.2 Å². The Bertz CT molecular complexity index is 543. The van der Waals surface area contributed by atoms with Crippen LogP contribution in [-0.4, -0.2) is 9.97 Å². The largest absolute Gasteiger partial charge is 0.399 e. The van der Waals surface area contributed by atoms with Crippen LogP contribution in [0.5, 0.6) is 0 Å². The quantitative estimate of drug-likeness (QED) is 0.740. The first-order valence-electron chi connectivity index (χ1n) is 5.05. The van der Waals surface area contributed by atoms with Gasteiger partial charge < -0.3 is 10.7 Å². The molecule has 82 valence electrons. The van der Waals surface area contributed by atoms with E-state index >= 15 is 0 Å². The highest BCUT2D eigenvalue weighted by molar-refractivity contribution is 5.40. The van der Waals surface area contributed by atoms with Crippen molar-refractivity contribution in [1.82, 2.24) is 9.97 Å². The number of anilines is 1. The van der Waals surface area contributed by atoms with Gasteiger partial charge in [0.2, 0.25) is 0 Å². The Kier molecular flexibility index (Phi) is 2.72. The van der Waals surface area contributed by atoms with E-state index in [2.05, 4.69) is 9.97 Å². The summed E-state index contributed by atoms with van der Waals surface area (Å²) in [6.07, 6.45) is 0.644. The molecule has 4 heteroatoms. The molecule has 2 aromatic rings. The topological polar surface area (TPSA) is 71.8 Å². The standard InChI is InChI=1S/C12H13N3O/c1-8-14-11(7-12(16)15-8)6-9-2-4-10(13)5-3-9/h2-5,7H,6,13H2,1H3,(H,14,15,16). The summed E-state index contributed by atoms with van der Waals surface area (Å²) < 4.78 is 0. The average molecular weight is 215 g/mol. The number of hydrogen-bond donors (Lipinski definition) is 2. The van der Waals surface area contributed by atoms with Crippen LogP contribution in [0.2, 0.25) is 0 Å². The van der Waals surface area contributed by atoms with Gasteiger partial charge in [0.1, 0.15) is 5.82 Å². The highest BCUT2D eigenvalue weighted by Gasteiger charge is 2.00. The van der Waals surface area contributed by atoms with E-state index in [0.717, 1.165) is 16.9 Å². The van der Waals surface area contributed by atoms with E-state index in [-0.39, 0.29) is 5.56 Å². The summed E-state index contributed by atoms with van der Waals surface area (Å²) in [6.45, 7) is 1.77. The lowest BCUT2D eigenvalue weighted by atomic mass is 10.1. The molecule has 16 heavy (non-hydrogen) atoms. The highest BCUT2D eigenvalue weighted by Crippen LogP contribution is 2.09. The monoisotopic (exact) mass is 215 g/mol. The van der Waals surface area contributed by atoms with E-state index in [1.165, 1.54) is 6.07 Å². The van der Waals surface area contributed by atoms with Gasteiger partial charge in [-0.1, -0.05) is 12.1 Å². The number of rotatable bonds is 2. The second kappa shape index (κ2) is 4.18. The third kappa shape index (κ3) is 2.48. The molecule has 2 rings (SSSR count). The Morgan fingerprint density at radius 1 is 1.31 bits per heavy atom. The summed E-state index contributed by atoms with van der Waals surface area (Å²) in [4.78, 5) is 18.1. The number of aromatic amines is 1. The normalized spacial score (nSPS) is 10.3. The fraction of sp³-hybridized carbons (Fsp3) is 0.167. The number of nitrogens with two attached hydrogens (primary N) is 1. The van der Waals surface area contributed by atoms with Crippen LogP contribution in [0, 0.1) is 6.92 Å². The van der Waals surface area contributed by atoms with Crippen LogP contribution in [0.4, 0.5) is 5.69 Å². The molecule has 0 bridgehead atoms. The molecular weight excluding hydrogens is 202 g/mol. The van der Waals surface area contributed by atoms with E-state index in [1.54, 1.807) is 6.92 Å². The zero-order valence-electron chi connectivity index (χ0n) is 9.03. The Labute approximate surface area is 93.2 Å². The van der Waals surface area contributed by atoms with Crippen molar-refractivity contribution in [3.05, 3.63) is 57.8 Å². The first kappa shape index (κ1) is 10.4. The van der Waals surface area contributed by atoms with E-state index in [9.17, 15) is 4.79 Å². The maximum absolute atomic E-state index is 11.2. The third-order valence-electron chi connectivity index (χ3n) is 2.28. The molecule has 0 aliphatic heterocycles. The number of nitrogen functional groups attached to an aromatic ring is 1. The Balaban J connectivity index is 2.26. The minimum atomic E-state index is -0.113. The van der Waals surface area contributed by atoms with Crippen molar-refractivity contribution in [3.63, 3.8) is 0 Å². The number of aryl methyl sites for hydroxylation is 1. The first-order chi connectivity index (χ1) is 7.63. The van der Waals surface area contributed by atoms with Gasteiger partial charge in [-0.2, -0.15) is 0 Å². The lowest BCUT2D eigenvalue weighted by molar-refractivity contribution is 0.945. The first-order valence-corrected chi connectivity index (χ1v) is 5.05. The van der Waals surface area contributed by atoms with Gasteiger partial charge in [-0.25, -0.2) is 4.98 Å². The predicted octanol–water partition coefficient (Wildman–Crippen LogP) is 1.25. The molecule has 4 nitrogen and oxygen atoms in total. The van der Waals surface area contributed by atoms with Gasteiger partial charge in [0.25, 0.3) is 5.56 Å². The molecule has 1 aromatic carbocycles. The number of nitrogens with one attached hydrogen (secondary N) is 1. The van der Waals surface area contributed by atoms with Gasteiger partial charge in [-0.05, 0) is 24.6 Å². The van der Waals surface area contributed by atoms with Gasteiger partial charge in [0.05, 0.1) is 5.69 Å². The number of H-pyrrole nitrogens is 1. The van der Waals surface area contributed by atoms with Crippen molar-refractivity contribution in [2.24, 2.45) is 0 Å². The highest BCUT2D eigenvalue weighted by atomic mass is 16.1. The molecule has 0 radical (unpaired) electrons. The minimum Gasteiger partial charge on any atom is -0.399 e. The van der Waals surface area contributed by atoms with Gasteiger partial charge in [0.15, 0.2) is 0 Å². The molecule has 0 fully saturated rings. The smallest absolute Gasteiger partial charge is 0.251 e. The molecule has 0 aliphatic carbocycles. The number of nitrogens with zero attached hydrogens (tertiary/aromatic N) is 1. The Hall–Kier alpha value is -2.10. The van der Waals surface area contributed by atoms with Crippen LogP contribution < -0.4 is 11.3 Å². The van der Waals surface area contributed by atoms with Crippen LogP contribution in [0.25, 0.3) is 0 Å². The van der Waals surface area contributed by atoms with Gasteiger partial charge in [0, 0.05) is 18.2 Å². The van der Waals surface area contributed by atoms with Gasteiger partial charge in [-0.15, -0.1) is 0 Å². The van der Waals surface area contributed by atoms with Crippen LogP contribution in [-0.2, 0) is 6.42 Å². The fourth-order valence-corrected chi connectivity index (χ4v) is 1.58. The van der Waals surface area contributed by atoms with Crippen molar-refractivity contribution < 1.29 is 0 Å². The van der Waals surface area contributed by atoms with Crippen molar-refractivity contribution in [2.45, 2.75) is 13.3 Å². The van der Waals surface area contributed by atoms with Crippen molar-refractivity contribution in [3.8, 4) is 0 Å². The second-order valence-electron chi connectivity index (χ2n) is 3.74. The van der Waals surface area contributed by atoms with Crippen LogP contribution in [0.1, 0.15) is 17.1 Å². The molecule has 1 heterocycles. The van der Waals surface area contributed by atoms with Crippen LogP contribution in [0.3, 0.4) is 0 Å². The van der Waals surface area contributed by atoms with Gasteiger partial charge >= 0.3 is 0 Å². The molecule has 1 aromatic heterocycles. The molecule has 0 aliphatic rings. The predicted molar refractivity (Wildman–Crippen MR) is 63.3 cm³/mol. The molecule has 3 N–H and O–H groups in total. The molecular formula is C12H13N3O. The zero-order chi connectivity index (χ0) is 11.5. The summed E-state index contributed by atoms with van der Waals surface area (Å²) in [6, 6.07) is 9.08. The fourth-order valence-electron chi connectivity index (χ4n) is 1.58. The summed E-state index contributed by atoms with van der Waals surface area (Å²) in [7, 11) is 0. The van der Waals surface area contributed by atoms with Crippen molar-refractivity contribution in [1.29, 1.82) is 0 Å². The molecule has 0 spiro atoms. The summed E-state index contributed by atoms with van der Waals surface area (Å²) in [5.74, 6) is 0.637. The van der Waals surface area contributed by atoms with Crippen LogP contribution >= 0.6 is 0 Å². The minimum absolute atomic E-state index is 0.113. The molecule has 0 saturated carbocycles. The molecule has 0 unspecified atom stereocenters. The molecule has 0 amide bonds. The third-order valence-corrected chi connectivity index (χ3v) is 2.28. The number of aromatic nitrogens is 2.